The van der Waals surface area contributed by atoms with Gasteiger partial charge in [0.2, 0.25) is 5.82 Å². The van der Waals surface area contributed by atoms with E-state index in [0.717, 1.165) is 38.0 Å². The van der Waals surface area contributed by atoms with Crippen molar-refractivity contribution in [3.05, 3.63) is 89.5 Å². The minimum atomic E-state index is -1.20. The zero-order valence-electron chi connectivity index (χ0n) is 20.5. The molecule has 4 rings (SSSR count). The quantitative estimate of drug-likeness (QED) is 0.212. The van der Waals surface area contributed by atoms with Crippen molar-refractivity contribution in [2.24, 2.45) is 17.8 Å². The van der Waals surface area contributed by atoms with Crippen molar-refractivity contribution in [1.82, 2.24) is 0 Å². The van der Waals surface area contributed by atoms with Crippen molar-refractivity contribution in [2.45, 2.75) is 57.3 Å². The fourth-order valence-corrected chi connectivity index (χ4v) is 5.88. The second-order valence-electron chi connectivity index (χ2n) is 9.99. The van der Waals surface area contributed by atoms with Gasteiger partial charge >= 0.3 is 0 Å². The van der Waals surface area contributed by atoms with Crippen LogP contribution in [0, 0.1) is 52.9 Å². The fraction of sp³-hybridized carbons (Fsp3) is 0.419. The molecule has 2 aliphatic rings. The third-order valence-corrected chi connectivity index (χ3v) is 7.79. The highest BCUT2D eigenvalue weighted by atomic mass is 19.2. The third kappa shape index (κ3) is 5.69. The van der Waals surface area contributed by atoms with Crippen molar-refractivity contribution in [1.29, 1.82) is 0 Å². The fourth-order valence-electron chi connectivity index (χ4n) is 5.88. The lowest BCUT2D eigenvalue weighted by molar-refractivity contribution is 0.114. The van der Waals surface area contributed by atoms with Crippen LogP contribution in [0.1, 0.15) is 74.0 Å². The molecule has 0 bridgehead atoms. The zero-order chi connectivity index (χ0) is 25.7. The Labute approximate surface area is 211 Å². The summed E-state index contributed by atoms with van der Waals surface area (Å²) in [6.45, 7) is 7.31. The lowest BCUT2D eigenvalue weighted by Gasteiger charge is -2.42. The van der Waals surface area contributed by atoms with Crippen LogP contribution < -0.4 is 4.74 Å². The Hall–Kier alpha value is -3.00. The van der Waals surface area contributed by atoms with Crippen molar-refractivity contribution in [2.75, 3.05) is 6.61 Å². The lowest BCUT2D eigenvalue weighted by atomic mass is 9.63. The maximum Gasteiger partial charge on any atom is 0.201 e. The summed E-state index contributed by atoms with van der Waals surface area (Å²) in [5.41, 5.74) is -0.0463. The van der Waals surface area contributed by atoms with Gasteiger partial charge in [0.15, 0.2) is 23.2 Å². The number of benzene rings is 2. The van der Waals surface area contributed by atoms with Crippen LogP contribution >= 0.6 is 0 Å². The van der Waals surface area contributed by atoms with Crippen molar-refractivity contribution in [3.63, 3.8) is 0 Å². The number of allylic oxidation sites excluding steroid dienone is 1. The number of hydrogen-bond donors (Lipinski definition) is 0. The predicted octanol–water partition coefficient (Wildman–Crippen LogP) is 8.47. The molecule has 0 aromatic heterocycles. The maximum atomic E-state index is 15.1. The summed E-state index contributed by atoms with van der Waals surface area (Å²) in [6, 6.07) is 5.54. The number of hydrogen-bond acceptors (Lipinski definition) is 1. The summed E-state index contributed by atoms with van der Waals surface area (Å²) < 4.78 is 63.6. The Kier molecular flexibility index (Phi) is 8.56. The van der Waals surface area contributed by atoms with Gasteiger partial charge in [0.25, 0.3) is 0 Å². The third-order valence-electron chi connectivity index (χ3n) is 7.79. The Balaban J connectivity index is 1.47. The summed E-state index contributed by atoms with van der Waals surface area (Å²) in [7, 11) is 0. The first-order valence-corrected chi connectivity index (χ1v) is 12.7. The van der Waals surface area contributed by atoms with Gasteiger partial charge in [-0.1, -0.05) is 43.1 Å². The van der Waals surface area contributed by atoms with Gasteiger partial charge in [-0.05, 0) is 92.4 Å². The van der Waals surface area contributed by atoms with Crippen LogP contribution in [-0.4, -0.2) is 6.61 Å². The van der Waals surface area contributed by atoms with Crippen LogP contribution in [0.2, 0.25) is 0 Å². The average Bonchev–Trinajstić information content (AvgIpc) is 2.89. The topological polar surface area (TPSA) is 9.23 Å². The van der Waals surface area contributed by atoms with Crippen LogP contribution in [0.3, 0.4) is 0 Å². The highest BCUT2D eigenvalue weighted by molar-refractivity contribution is 5.47. The van der Waals surface area contributed by atoms with Crippen molar-refractivity contribution < 1.29 is 22.3 Å². The van der Waals surface area contributed by atoms with E-state index in [9.17, 15) is 13.2 Å². The van der Waals surface area contributed by atoms with E-state index < -0.39 is 23.3 Å². The lowest BCUT2D eigenvalue weighted by Crippen LogP contribution is -2.30. The number of fused-ring (bicyclic) bond motifs is 1. The molecule has 2 fully saturated rings. The summed E-state index contributed by atoms with van der Waals surface area (Å²) in [6.07, 6.45) is 12.0. The molecule has 0 spiro atoms. The Morgan fingerprint density at radius 1 is 0.778 bits per heavy atom. The molecule has 0 aliphatic heterocycles. The number of ether oxygens (including phenoxy) is 1. The van der Waals surface area contributed by atoms with Crippen molar-refractivity contribution >= 4 is 0 Å². The summed E-state index contributed by atoms with van der Waals surface area (Å²) in [5.74, 6) is 2.29. The molecule has 36 heavy (non-hydrogen) atoms. The SMILES string of the molecule is C=CCCC1CCC2CC(c3ccc(C#Cc4ccc(OCC=C)c(F)c4F)c(F)c3F)CCC2C1. The van der Waals surface area contributed by atoms with Crippen LogP contribution in [0.5, 0.6) is 5.75 Å². The van der Waals surface area contributed by atoms with Crippen LogP contribution in [0.25, 0.3) is 0 Å². The molecule has 2 aromatic rings. The van der Waals surface area contributed by atoms with E-state index in [0.29, 0.717) is 17.4 Å². The molecular weight excluding hydrogens is 464 g/mol. The molecule has 1 nitrogen and oxygen atoms in total. The molecule has 4 unspecified atom stereocenters. The van der Waals surface area contributed by atoms with E-state index in [1.54, 1.807) is 6.07 Å². The molecule has 0 radical (unpaired) electrons. The Morgan fingerprint density at radius 2 is 1.44 bits per heavy atom. The minimum absolute atomic E-state index is 0.0119. The summed E-state index contributed by atoms with van der Waals surface area (Å²) >= 11 is 0. The Morgan fingerprint density at radius 3 is 2.17 bits per heavy atom. The predicted molar refractivity (Wildman–Crippen MR) is 135 cm³/mol. The van der Waals surface area contributed by atoms with E-state index in [1.165, 1.54) is 43.5 Å². The first-order chi connectivity index (χ1) is 17.4. The van der Waals surface area contributed by atoms with Crippen LogP contribution in [0.4, 0.5) is 17.6 Å². The molecule has 0 N–H and O–H groups in total. The van der Waals surface area contributed by atoms with Gasteiger partial charge in [-0.25, -0.2) is 13.2 Å². The van der Waals surface area contributed by atoms with Gasteiger partial charge in [-0.15, -0.1) is 6.58 Å². The second-order valence-corrected chi connectivity index (χ2v) is 9.99. The second kappa shape index (κ2) is 11.8. The maximum absolute atomic E-state index is 15.1. The standard InChI is InChI=1S/C31H32F4O/c1-3-5-6-20-7-8-24-19-25(12-11-23(24)18-20)26-15-13-21(28(32)30(26)34)9-10-22-14-16-27(36-17-4-2)31(35)29(22)33/h3-4,13-16,20,23-25H,1-2,5-8,11-12,17-19H2. The highest BCUT2D eigenvalue weighted by Gasteiger charge is 2.36. The smallest absolute Gasteiger partial charge is 0.201 e. The number of halogens is 4. The average molecular weight is 497 g/mol. The van der Waals surface area contributed by atoms with Gasteiger partial charge in [-0.3, -0.25) is 0 Å². The van der Waals surface area contributed by atoms with Crippen LogP contribution in [0.15, 0.2) is 49.6 Å². The molecule has 0 heterocycles. The molecule has 5 heteroatoms. The molecule has 2 aromatic carbocycles. The minimum Gasteiger partial charge on any atom is -0.486 e. The molecule has 2 saturated carbocycles. The van der Waals surface area contributed by atoms with E-state index in [2.05, 4.69) is 25.0 Å². The first kappa shape index (κ1) is 26.1. The number of rotatable bonds is 7. The van der Waals surface area contributed by atoms with Crippen LogP contribution in [-0.2, 0) is 0 Å². The van der Waals surface area contributed by atoms with Gasteiger partial charge < -0.3 is 4.74 Å². The molecule has 0 saturated heterocycles. The summed E-state index contributed by atoms with van der Waals surface area (Å²) in [4.78, 5) is 0. The van der Waals surface area contributed by atoms with Gasteiger partial charge in [0, 0.05) is 0 Å². The largest absolute Gasteiger partial charge is 0.486 e. The molecule has 0 amide bonds. The molecule has 190 valence electrons. The van der Waals surface area contributed by atoms with Gasteiger partial charge in [0.05, 0.1) is 11.1 Å². The Bertz CT molecular complexity index is 1180. The highest BCUT2D eigenvalue weighted by Crippen LogP contribution is 2.48. The van der Waals surface area contributed by atoms with Crippen molar-refractivity contribution in [3.8, 4) is 17.6 Å². The van der Waals surface area contributed by atoms with Gasteiger partial charge in [0.1, 0.15) is 6.61 Å². The first-order valence-electron chi connectivity index (χ1n) is 12.7. The molecule has 2 aliphatic carbocycles. The van der Waals surface area contributed by atoms with E-state index >= 15 is 4.39 Å². The monoisotopic (exact) mass is 496 g/mol. The van der Waals surface area contributed by atoms with E-state index in [1.807, 2.05) is 6.08 Å². The van der Waals surface area contributed by atoms with Gasteiger partial charge in [-0.2, -0.15) is 4.39 Å². The molecular formula is C31H32F4O. The van der Waals surface area contributed by atoms with E-state index in [-0.39, 0.29) is 29.4 Å². The van der Waals surface area contributed by atoms with E-state index in [4.69, 9.17) is 4.74 Å². The molecule has 4 atom stereocenters. The summed E-state index contributed by atoms with van der Waals surface area (Å²) in [5, 5.41) is 0. The normalized spacial score (nSPS) is 23.2. The zero-order valence-corrected chi connectivity index (χ0v) is 20.5.